The van der Waals surface area contributed by atoms with Crippen molar-refractivity contribution in [3.63, 3.8) is 0 Å². The zero-order valence-electron chi connectivity index (χ0n) is 13.9. The number of hydrogen-bond acceptors (Lipinski definition) is 4. The predicted octanol–water partition coefficient (Wildman–Crippen LogP) is 3.48. The maximum atomic E-state index is 9.65. The van der Waals surface area contributed by atoms with E-state index in [1.807, 2.05) is 12.1 Å². The molecule has 128 valence electrons. The Kier molecular flexibility index (Phi) is 5.44. The van der Waals surface area contributed by atoms with Gasteiger partial charge in [0, 0.05) is 11.4 Å². The molecule has 0 amide bonds. The second kappa shape index (κ2) is 7.54. The molecular formula is C19H30N2O2. The normalized spacial score (nSPS) is 31.9. The second-order valence-corrected chi connectivity index (χ2v) is 7.42. The zero-order chi connectivity index (χ0) is 16.2. The van der Waals surface area contributed by atoms with Gasteiger partial charge in [-0.25, -0.2) is 0 Å². The molecule has 2 aliphatic rings. The van der Waals surface area contributed by atoms with Crippen molar-refractivity contribution in [3.8, 4) is 0 Å². The first kappa shape index (κ1) is 16.6. The van der Waals surface area contributed by atoms with Gasteiger partial charge in [-0.1, -0.05) is 0 Å². The minimum absolute atomic E-state index is 0.0448. The lowest BCUT2D eigenvalue weighted by atomic mass is 9.72. The van der Waals surface area contributed by atoms with Crippen LogP contribution in [-0.2, 0) is 11.3 Å². The van der Waals surface area contributed by atoms with E-state index < -0.39 is 0 Å². The van der Waals surface area contributed by atoms with E-state index in [4.69, 9.17) is 16.2 Å². The first-order valence-electron chi connectivity index (χ1n) is 9.04. The third kappa shape index (κ3) is 4.61. The van der Waals surface area contributed by atoms with E-state index >= 15 is 0 Å². The van der Waals surface area contributed by atoms with Crippen molar-refractivity contribution in [2.45, 2.75) is 70.2 Å². The second-order valence-electron chi connectivity index (χ2n) is 7.42. The van der Waals surface area contributed by atoms with Gasteiger partial charge in [-0.05, 0) is 87.0 Å². The average Bonchev–Trinajstić information content (AvgIpc) is 2.53. The summed E-state index contributed by atoms with van der Waals surface area (Å²) in [4.78, 5) is 0. The smallest absolute Gasteiger partial charge is 0.0722 e. The molecule has 4 nitrogen and oxygen atoms in total. The standard InChI is InChI=1S/C19H30N2O2/c20-16-9-13(10-17(21)11-16)12-23-19-7-3-15(4-8-19)14-1-5-18(22)6-2-14/h9-11,14-15,18-19,22H,1-8,12,20-21H2. The Bertz CT molecular complexity index is 484. The van der Waals surface area contributed by atoms with Crippen LogP contribution >= 0.6 is 0 Å². The van der Waals surface area contributed by atoms with E-state index in [9.17, 15) is 5.11 Å². The Morgan fingerprint density at radius 1 is 0.826 bits per heavy atom. The maximum absolute atomic E-state index is 9.65. The highest BCUT2D eigenvalue weighted by atomic mass is 16.5. The number of benzene rings is 1. The molecule has 0 atom stereocenters. The van der Waals surface area contributed by atoms with Gasteiger partial charge in [0.2, 0.25) is 0 Å². The summed E-state index contributed by atoms with van der Waals surface area (Å²) < 4.78 is 6.08. The molecule has 0 aromatic heterocycles. The predicted molar refractivity (Wildman–Crippen MR) is 93.8 cm³/mol. The summed E-state index contributed by atoms with van der Waals surface area (Å²) >= 11 is 0. The van der Waals surface area contributed by atoms with E-state index in [1.165, 1.54) is 25.7 Å². The molecule has 1 aromatic carbocycles. The average molecular weight is 318 g/mol. The lowest BCUT2D eigenvalue weighted by molar-refractivity contribution is -0.00571. The molecule has 3 rings (SSSR count). The highest BCUT2D eigenvalue weighted by molar-refractivity contribution is 5.54. The number of nitrogens with two attached hydrogens (primary N) is 2. The summed E-state index contributed by atoms with van der Waals surface area (Å²) in [5.74, 6) is 1.67. The van der Waals surface area contributed by atoms with Crippen molar-refractivity contribution >= 4 is 11.4 Å². The monoisotopic (exact) mass is 318 g/mol. The number of rotatable bonds is 4. The van der Waals surface area contributed by atoms with Gasteiger partial charge in [-0.15, -0.1) is 0 Å². The fourth-order valence-electron chi connectivity index (χ4n) is 4.34. The molecule has 0 bridgehead atoms. The van der Waals surface area contributed by atoms with Crippen molar-refractivity contribution in [2.24, 2.45) is 11.8 Å². The lowest BCUT2D eigenvalue weighted by Crippen LogP contribution is -2.29. The van der Waals surface area contributed by atoms with Crippen molar-refractivity contribution in [1.82, 2.24) is 0 Å². The summed E-state index contributed by atoms with van der Waals surface area (Å²) in [7, 11) is 0. The maximum Gasteiger partial charge on any atom is 0.0722 e. The molecule has 0 heterocycles. The molecule has 0 spiro atoms. The molecule has 1 aromatic rings. The molecule has 0 aliphatic heterocycles. The third-order valence-corrected chi connectivity index (χ3v) is 5.65. The summed E-state index contributed by atoms with van der Waals surface area (Å²) in [6, 6.07) is 5.65. The van der Waals surface area contributed by atoms with Gasteiger partial charge in [-0.3, -0.25) is 0 Å². The van der Waals surface area contributed by atoms with Gasteiger partial charge in [0.25, 0.3) is 0 Å². The Labute approximate surface area is 139 Å². The largest absolute Gasteiger partial charge is 0.399 e. The summed E-state index contributed by atoms with van der Waals surface area (Å²) in [6.45, 7) is 0.597. The van der Waals surface area contributed by atoms with Crippen LogP contribution in [0.3, 0.4) is 0 Å². The first-order valence-corrected chi connectivity index (χ1v) is 9.04. The molecule has 4 heteroatoms. The number of ether oxygens (including phenoxy) is 1. The van der Waals surface area contributed by atoms with Gasteiger partial charge < -0.3 is 21.3 Å². The van der Waals surface area contributed by atoms with Crippen molar-refractivity contribution < 1.29 is 9.84 Å². The molecule has 23 heavy (non-hydrogen) atoms. The Morgan fingerprint density at radius 2 is 1.35 bits per heavy atom. The topological polar surface area (TPSA) is 81.5 Å². The highest BCUT2D eigenvalue weighted by Gasteiger charge is 2.30. The Hall–Kier alpha value is -1.26. The third-order valence-electron chi connectivity index (χ3n) is 5.65. The summed E-state index contributed by atoms with van der Waals surface area (Å²) in [5, 5.41) is 9.65. The van der Waals surface area contributed by atoms with Crippen molar-refractivity contribution in [1.29, 1.82) is 0 Å². The fourth-order valence-corrected chi connectivity index (χ4v) is 4.34. The van der Waals surface area contributed by atoms with Crippen LogP contribution in [0.15, 0.2) is 18.2 Å². The summed E-state index contributed by atoms with van der Waals surface area (Å²) in [5.41, 5.74) is 14.1. The fraction of sp³-hybridized carbons (Fsp3) is 0.684. The molecular weight excluding hydrogens is 288 g/mol. The van der Waals surface area contributed by atoms with E-state index in [1.54, 1.807) is 6.07 Å². The van der Waals surface area contributed by atoms with Crippen LogP contribution in [0.5, 0.6) is 0 Å². The van der Waals surface area contributed by atoms with Crippen LogP contribution in [-0.4, -0.2) is 17.3 Å². The molecule has 5 N–H and O–H groups in total. The van der Waals surface area contributed by atoms with E-state index in [0.29, 0.717) is 24.1 Å². The van der Waals surface area contributed by atoms with Gasteiger partial charge in [-0.2, -0.15) is 0 Å². The molecule has 2 fully saturated rings. The van der Waals surface area contributed by atoms with E-state index in [-0.39, 0.29) is 6.10 Å². The number of anilines is 2. The molecule has 0 radical (unpaired) electrons. The van der Waals surface area contributed by atoms with Gasteiger partial charge >= 0.3 is 0 Å². The quantitative estimate of drug-likeness (QED) is 0.742. The van der Waals surface area contributed by atoms with Crippen LogP contribution in [0.25, 0.3) is 0 Å². The minimum Gasteiger partial charge on any atom is -0.399 e. The summed E-state index contributed by atoms with van der Waals surface area (Å²) in [6.07, 6.45) is 9.58. The Morgan fingerprint density at radius 3 is 1.91 bits per heavy atom. The van der Waals surface area contributed by atoms with Gasteiger partial charge in [0.05, 0.1) is 18.8 Å². The lowest BCUT2D eigenvalue weighted by Gasteiger charge is -2.36. The van der Waals surface area contributed by atoms with Crippen LogP contribution in [0.4, 0.5) is 11.4 Å². The number of nitrogen functional groups attached to an aromatic ring is 2. The number of aliphatic hydroxyl groups is 1. The van der Waals surface area contributed by atoms with Crippen LogP contribution in [0, 0.1) is 11.8 Å². The van der Waals surface area contributed by atoms with Crippen LogP contribution < -0.4 is 11.5 Å². The molecule has 0 saturated heterocycles. The zero-order valence-corrected chi connectivity index (χ0v) is 13.9. The first-order chi connectivity index (χ1) is 11.1. The molecule has 0 unspecified atom stereocenters. The van der Waals surface area contributed by atoms with Gasteiger partial charge in [0.1, 0.15) is 0 Å². The van der Waals surface area contributed by atoms with Gasteiger partial charge in [0.15, 0.2) is 0 Å². The Balaban J connectivity index is 1.42. The van der Waals surface area contributed by atoms with Crippen LogP contribution in [0.2, 0.25) is 0 Å². The molecule has 2 saturated carbocycles. The van der Waals surface area contributed by atoms with Crippen molar-refractivity contribution in [2.75, 3.05) is 11.5 Å². The van der Waals surface area contributed by atoms with Crippen LogP contribution in [0.1, 0.15) is 56.9 Å². The number of aliphatic hydroxyl groups excluding tert-OH is 1. The highest BCUT2D eigenvalue weighted by Crippen LogP contribution is 2.39. The molecule has 2 aliphatic carbocycles. The SMILES string of the molecule is Nc1cc(N)cc(COC2CCC(C3CCC(O)CC3)CC2)c1. The number of hydrogen-bond donors (Lipinski definition) is 3. The van der Waals surface area contributed by atoms with E-state index in [2.05, 4.69) is 0 Å². The van der Waals surface area contributed by atoms with Crippen molar-refractivity contribution in [3.05, 3.63) is 23.8 Å². The van der Waals surface area contributed by atoms with E-state index in [0.717, 1.165) is 43.1 Å². The minimum atomic E-state index is -0.0448.